The minimum atomic E-state index is 0.618. The quantitative estimate of drug-likeness (QED) is 0.174. The predicted molar refractivity (Wildman–Crippen MR) is 217 cm³/mol. The topological polar surface area (TPSA) is 51.8 Å². The third-order valence-corrected chi connectivity index (χ3v) is 11.4. The molecule has 0 aliphatic carbocycles. The second kappa shape index (κ2) is 11.4. The van der Waals surface area contributed by atoms with E-state index in [1.807, 2.05) is 59.9 Å². The summed E-state index contributed by atoms with van der Waals surface area (Å²) in [6, 6.07) is 57.3. The number of para-hydroxylation sites is 1. The van der Waals surface area contributed by atoms with Crippen molar-refractivity contribution in [2.75, 3.05) is 0 Å². The maximum Gasteiger partial charge on any atom is 0.164 e. The summed E-state index contributed by atoms with van der Waals surface area (Å²) in [5.41, 5.74) is 6.96. The first-order valence-electron chi connectivity index (χ1n) is 17.4. The molecule has 0 bridgehead atoms. The second-order valence-corrected chi connectivity index (χ2v) is 14.2. The number of benzene rings is 8. The van der Waals surface area contributed by atoms with Crippen molar-refractivity contribution in [3.05, 3.63) is 164 Å². The van der Waals surface area contributed by atoms with Gasteiger partial charge in [-0.05, 0) is 57.6 Å². The summed E-state index contributed by atoms with van der Waals surface area (Å²) in [7, 11) is 0. The van der Waals surface area contributed by atoms with Gasteiger partial charge in [0.1, 0.15) is 11.2 Å². The lowest BCUT2D eigenvalue weighted by atomic mass is 9.95. The van der Waals surface area contributed by atoms with Gasteiger partial charge in [0.2, 0.25) is 0 Å². The highest BCUT2D eigenvalue weighted by atomic mass is 32.1. The van der Waals surface area contributed by atoms with Crippen LogP contribution in [0.2, 0.25) is 0 Å². The normalized spacial score (nSPS) is 11.8. The highest BCUT2D eigenvalue weighted by Gasteiger charge is 2.22. The van der Waals surface area contributed by atoms with Crippen molar-refractivity contribution in [1.82, 2.24) is 15.0 Å². The van der Waals surface area contributed by atoms with E-state index in [0.717, 1.165) is 49.4 Å². The summed E-state index contributed by atoms with van der Waals surface area (Å²) in [4.78, 5) is 15.7. The van der Waals surface area contributed by atoms with E-state index in [1.54, 1.807) is 0 Å². The molecule has 242 valence electrons. The van der Waals surface area contributed by atoms with Crippen molar-refractivity contribution in [3.63, 3.8) is 0 Å². The zero-order chi connectivity index (χ0) is 34.2. The summed E-state index contributed by atoms with van der Waals surface area (Å²) in [5.74, 6) is 1.90. The molecule has 0 fully saturated rings. The number of furan rings is 1. The lowest BCUT2D eigenvalue weighted by Gasteiger charge is -2.12. The van der Waals surface area contributed by atoms with Crippen molar-refractivity contribution in [3.8, 4) is 45.3 Å². The Balaban J connectivity index is 1.25. The molecule has 0 aliphatic heterocycles. The van der Waals surface area contributed by atoms with Crippen LogP contribution < -0.4 is 0 Å². The van der Waals surface area contributed by atoms with Crippen LogP contribution in [0.4, 0.5) is 0 Å². The Morgan fingerprint density at radius 3 is 1.87 bits per heavy atom. The Morgan fingerprint density at radius 2 is 1.02 bits per heavy atom. The number of hydrogen-bond acceptors (Lipinski definition) is 5. The van der Waals surface area contributed by atoms with Crippen molar-refractivity contribution in [1.29, 1.82) is 0 Å². The third-order valence-electron chi connectivity index (χ3n) is 10.1. The fraction of sp³-hybridized carbons (Fsp3) is 0. The average Bonchev–Trinajstić information content (AvgIpc) is 3.79. The van der Waals surface area contributed by atoms with Crippen molar-refractivity contribution >= 4 is 75.0 Å². The molecule has 0 saturated carbocycles. The fourth-order valence-electron chi connectivity index (χ4n) is 7.68. The Kier molecular flexibility index (Phi) is 6.39. The second-order valence-electron chi connectivity index (χ2n) is 13.1. The van der Waals surface area contributed by atoms with Crippen LogP contribution in [0.25, 0.3) is 109 Å². The van der Waals surface area contributed by atoms with Gasteiger partial charge in [-0.15, -0.1) is 11.3 Å². The molecule has 11 aromatic rings. The molecule has 4 nitrogen and oxygen atoms in total. The maximum atomic E-state index is 6.17. The van der Waals surface area contributed by atoms with Crippen molar-refractivity contribution in [2.45, 2.75) is 0 Å². The van der Waals surface area contributed by atoms with Gasteiger partial charge in [0.15, 0.2) is 17.5 Å². The van der Waals surface area contributed by atoms with Gasteiger partial charge in [0.05, 0.1) is 0 Å². The molecule has 0 radical (unpaired) electrons. The molecular weight excluding hydrogens is 655 g/mol. The molecule has 0 amide bonds. The van der Waals surface area contributed by atoms with E-state index in [2.05, 4.69) is 115 Å². The molecule has 0 saturated heterocycles. The summed E-state index contributed by atoms with van der Waals surface area (Å²) >= 11 is 1.86. The number of fused-ring (bicyclic) bond motifs is 10. The highest BCUT2D eigenvalue weighted by Crippen LogP contribution is 2.48. The van der Waals surface area contributed by atoms with E-state index in [9.17, 15) is 0 Å². The summed E-state index contributed by atoms with van der Waals surface area (Å²) in [5, 5.41) is 9.34. The number of nitrogens with zero attached hydrogens (tertiary/aromatic N) is 3. The van der Waals surface area contributed by atoms with E-state index < -0.39 is 0 Å². The van der Waals surface area contributed by atoms with Crippen LogP contribution in [0.1, 0.15) is 0 Å². The number of thiophene rings is 1. The largest absolute Gasteiger partial charge is 0.456 e. The van der Waals surface area contributed by atoms with Crippen LogP contribution in [-0.4, -0.2) is 15.0 Å². The van der Waals surface area contributed by atoms with E-state index in [1.165, 1.54) is 42.1 Å². The Hall–Kier alpha value is -6.69. The lowest BCUT2D eigenvalue weighted by molar-refractivity contribution is 0.669. The van der Waals surface area contributed by atoms with Gasteiger partial charge < -0.3 is 4.42 Å². The van der Waals surface area contributed by atoms with Gasteiger partial charge in [0.25, 0.3) is 0 Å². The van der Waals surface area contributed by atoms with E-state index in [0.29, 0.717) is 17.5 Å². The van der Waals surface area contributed by atoms with Gasteiger partial charge in [-0.25, -0.2) is 15.0 Å². The van der Waals surface area contributed by atoms with Crippen LogP contribution in [0, 0.1) is 0 Å². The third kappa shape index (κ3) is 4.50. The highest BCUT2D eigenvalue weighted by molar-refractivity contribution is 7.27. The standard InChI is InChI=1S/C47H27N3OS/c1-3-12-28(13-4-1)34-19-11-20-36-42-38(26-31-23-22-29-14-7-8-17-33(29)41(31)44(42)52-43(34)36)47-49-45(30-15-5-2-6-16-30)48-46(50-47)32-24-25-40-37(27-32)35-18-9-10-21-39(35)51-40/h1-27H. The van der Waals surface area contributed by atoms with Gasteiger partial charge >= 0.3 is 0 Å². The minimum absolute atomic E-state index is 0.618. The van der Waals surface area contributed by atoms with E-state index >= 15 is 0 Å². The molecule has 8 aromatic carbocycles. The molecular formula is C47H27N3OS. The number of rotatable bonds is 4. The zero-order valence-corrected chi connectivity index (χ0v) is 28.6. The SMILES string of the molecule is c1ccc(-c2nc(-c3ccc4oc5ccccc5c4c3)nc(-c3cc4ccc5ccccc5c4c4sc5c(-c6ccccc6)cccc5c34)n2)cc1. The predicted octanol–water partition coefficient (Wildman–Crippen LogP) is 13.1. The average molecular weight is 682 g/mol. The van der Waals surface area contributed by atoms with Crippen LogP contribution in [0.15, 0.2) is 168 Å². The Morgan fingerprint density at radius 1 is 0.365 bits per heavy atom. The first-order chi connectivity index (χ1) is 25.8. The monoisotopic (exact) mass is 681 g/mol. The Labute approximate surface area is 302 Å². The van der Waals surface area contributed by atoms with Gasteiger partial charge in [-0.1, -0.05) is 133 Å². The van der Waals surface area contributed by atoms with Gasteiger partial charge in [0, 0.05) is 53.0 Å². The van der Waals surface area contributed by atoms with Crippen LogP contribution in [0.5, 0.6) is 0 Å². The van der Waals surface area contributed by atoms with Crippen LogP contribution >= 0.6 is 11.3 Å². The maximum absolute atomic E-state index is 6.17. The number of aromatic nitrogens is 3. The first kappa shape index (κ1) is 29.1. The molecule has 52 heavy (non-hydrogen) atoms. The summed E-state index contributed by atoms with van der Waals surface area (Å²) in [6.45, 7) is 0. The van der Waals surface area contributed by atoms with Crippen LogP contribution in [0.3, 0.4) is 0 Å². The summed E-state index contributed by atoms with van der Waals surface area (Å²) in [6.07, 6.45) is 0. The molecule has 0 spiro atoms. The minimum Gasteiger partial charge on any atom is -0.456 e. The molecule has 0 unspecified atom stereocenters. The molecule has 3 aromatic heterocycles. The molecule has 5 heteroatoms. The molecule has 3 heterocycles. The molecule has 0 atom stereocenters. The lowest BCUT2D eigenvalue weighted by Crippen LogP contribution is -2.00. The molecule has 11 rings (SSSR count). The zero-order valence-electron chi connectivity index (χ0n) is 27.7. The number of hydrogen-bond donors (Lipinski definition) is 0. The van der Waals surface area contributed by atoms with E-state index in [4.69, 9.17) is 19.4 Å². The van der Waals surface area contributed by atoms with Crippen molar-refractivity contribution < 1.29 is 4.42 Å². The summed E-state index contributed by atoms with van der Waals surface area (Å²) < 4.78 is 8.65. The molecule has 0 N–H and O–H groups in total. The molecule has 0 aliphatic rings. The van der Waals surface area contributed by atoms with Gasteiger partial charge in [-0.3, -0.25) is 0 Å². The van der Waals surface area contributed by atoms with Crippen LogP contribution in [-0.2, 0) is 0 Å². The Bertz CT molecular complexity index is 3180. The first-order valence-corrected chi connectivity index (χ1v) is 18.2. The fourth-order valence-corrected chi connectivity index (χ4v) is 9.11. The smallest absolute Gasteiger partial charge is 0.164 e. The van der Waals surface area contributed by atoms with E-state index in [-0.39, 0.29) is 0 Å². The van der Waals surface area contributed by atoms with Gasteiger partial charge in [-0.2, -0.15) is 0 Å². The van der Waals surface area contributed by atoms with Crippen molar-refractivity contribution in [2.24, 2.45) is 0 Å².